The zero-order chi connectivity index (χ0) is 15.8. The molecule has 0 saturated heterocycles. The van der Waals surface area contributed by atoms with Crippen LogP contribution in [-0.4, -0.2) is 35.7 Å². The molecule has 7 heteroatoms. The summed E-state index contributed by atoms with van der Waals surface area (Å²) in [5, 5.41) is 2.48. The molecule has 0 aliphatic carbocycles. The highest BCUT2D eigenvalue weighted by Crippen LogP contribution is 2.09. The molecule has 1 aromatic heterocycles. The fourth-order valence-corrected chi connectivity index (χ4v) is 1.83. The van der Waals surface area contributed by atoms with Gasteiger partial charge in [-0.05, 0) is 5.56 Å². The fraction of sp³-hybridized carbons (Fsp3) is 0.333. The van der Waals surface area contributed by atoms with Crippen molar-refractivity contribution >= 4 is 11.7 Å². The van der Waals surface area contributed by atoms with Crippen molar-refractivity contribution in [3.8, 4) is 0 Å². The minimum atomic E-state index is -0.317. The third-order valence-corrected chi connectivity index (χ3v) is 3.03. The van der Waals surface area contributed by atoms with E-state index in [-0.39, 0.29) is 24.1 Å². The maximum Gasteiger partial charge on any atom is 0.273 e. The minimum absolute atomic E-state index is 0.200. The zero-order valence-corrected chi connectivity index (χ0v) is 12.5. The number of rotatable bonds is 8. The van der Waals surface area contributed by atoms with E-state index in [2.05, 4.69) is 10.3 Å². The molecule has 0 spiro atoms. The number of hydrogen-bond acceptors (Lipinski definition) is 5. The Balaban J connectivity index is 1.67. The molecule has 7 nitrogen and oxygen atoms in total. The molecule has 2 rings (SSSR count). The minimum Gasteiger partial charge on any atom is -0.383 e. The highest BCUT2D eigenvalue weighted by atomic mass is 16.5. The van der Waals surface area contributed by atoms with Gasteiger partial charge >= 0.3 is 0 Å². The average molecular weight is 304 g/mol. The third-order valence-electron chi connectivity index (χ3n) is 3.03. The molecule has 0 radical (unpaired) electrons. The lowest BCUT2D eigenvalue weighted by atomic mass is 10.2. The molecule has 2 aromatic rings. The molecule has 0 aliphatic rings. The van der Waals surface area contributed by atoms with Gasteiger partial charge in [-0.25, -0.2) is 4.98 Å². The van der Waals surface area contributed by atoms with Crippen LogP contribution in [0.5, 0.6) is 0 Å². The smallest absolute Gasteiger partial charge is 0.273 e. The van der Waals surface area contributed by atoms with Crippen LogP contribution < -0.4 is 11.1 Å². The van der Waals surface area contributed by atoms with Gasteiger partial charge in [-0.1, -0.05) is 30.3 Å². The van der Waals surface area contributed by atoms with Crippen LogP contribution in [0.1, 0.15) is 16.1 Å². The number of aromatic nitrogens is 2. The summed E-state index contributed by atoms with van der Waals surface area (Å²) in [7, 11) is 1.53. The molecular weight excluding hydrogens is 284 g/mol. The number of carbonyl (C=O) groups is 1. The van der Waals surface area contributed by atoms with Crippen LogP contribution >= 0.6 is 0 Å². The Morgan fingerprint density at radius 1 is 1.27 bits per heavy atom. The predicted octanol–water partition coefficient (Wildman–Crippen LogP) is 1.02. The van der Waals surface area contributed by atoms with Gasteiger partial charge in [-0.2, -0.15) is 0 Å². The van der Waals surface area contributed by atoms with E-state index >= 15 is 0 Å². The Kier molecular flexibility index (Phi) is 5.93. The number of nitrogen functional groups attached to an aromatic ring is 1. The first kappa shape index (κ1) is 16.0. The lowest BCUT2D eigenvalue weighted by molar-refractivity contribution is 0.0142. The highest BCUT2D eigenvalue weighted by Gasteiger charge is 2.13. The number of nitrogens with one attached hydrogen (secondary N) is 1. The normalized spacial score (nSPS) is 10.6. The Hall–Kier alpha value is -2.38. The molecular formula is C15H20N4O3. The van der Waals surface area contributed by atoms with E-state index < -0.39 is 0 Å². The van der Waals surface area contributed by atoms with Gasteiger partial charge in [0.15, 0.2) is 5.69 Å². The highest BCUT2D eigenvalue weighted by molar-refractivity contribution is 5.96. The first-order chi connectivity index (χ1) is 10.7. The molecule has 0 saturated carbocycles. The van der Waals surface area contributed by atoms with Crippen LogP contribution in [0, 0.1) is 0 Å². The number of ether oxygens (including phenoxy) is 2. The monoisotopic (exact) mass is 304 g/mol. The van der Waals surface area contributed by atoms with E-state index in [4.69, 9.17) is 15.2 Å². The zero-order valence-electron chi connectivity index (χ0n) is 12.5. The van der Waals surface area contributed by atoms with Crippen molar-refractivity contribution in [1.82, 2.24) is 14.9 Å². The lowest BCUT2D eigenvalue weighted by Crippen LogP contribution is -2.20. The van der Waals surface area contributed by atoms with Crippen molar-refractivity contribution in [3.05, 3.63) is 47.9 Å². The molecule has 0 fully saturated rings. The molecule has 0 atom stereocenters. The van der Waals surface area contributed by atoms with E-state index in [0.29, 0.717) is 19.8 Å². The molecule has 0 unspecified atom stereocenters. The lowest BCUT2D eigenvalue weighted by Gasteiger charge is -2.08. The number of benzene rings is 1. The summed E-state index contributed by atoms with van der Waals surface area (Å²) in [5.41, 5.74) is 7.15. The fourth-order valence-electron chi connectivity index (χ4n) is 1.83. The average Bonchev–Trinajstić information content (AvgIpc) is 2.92. The van der Waals surface area contributed by atoms with Crippen molar-refractivity contribution in [2.45, 2.75) is 13.3 Å². The van der Waals surface area contributed by atoms with Gasteiger partial charge in [0, 0.05) is 7.05 Å². The van der Waals surface area contributed by atoms with Crippen LogP contribution in [0.4, 0.5) is 5.82 Å². The Labute approximate surface area is 129 Å². The number of carbonyl (C=O) groups excluding carboxylic acids is 1. The molecule has 0 bridgehead atoms. The number of hydrogen-bond donors (Lipinski definition) is 2. The topological polar surface area (TPSA) is 91.4 Å². The van der Waals surface area contributed by atoms with Crippen LogP contribution in [-0.2, 0) is 22.8 Å². The van der Waals surface area contributed by atoms with Gasteiger partial charge in [0.1, 0.15) is 12.5 Å². The Morgan fingerprint density at radius 3 is 2.73 bits per heavy atom. The van der Waals surface area contributed by atoms with E-state index in [1.54, 1.807) is 4.57 Å². The summed E-state index contributed by atoms with van der Waals surface area (Å²) >= 11 is 0. The summed E-state index contributed by atoms with van der Waals surface area (Å²) in [6, 6.07) is 9.93. The van der Waals surface area contributed by atoms with Crippen molar-refractivity contribution in [3.63, 3.8) is 0 Å². The molecule has 1 aromatic carbocycles. The molecule has 118 valence electrons. The van der Waals surface area contributed by atoms with E-state index in [0.717, 1.165) is 5.56 Å². The number of imidazole rings is 1. The van der Waals surface area contributed by atoms with Gasteiger partial charge in [0.25, 0.3) is 5.91 Å². The maximum absolute atomic E-state index is 11.5. The van der Waals surface area contributed by atoms with Crippen LogP contribution in [0.25, 0.3) is 0 Å². The molecule has 22 heavy (non-hydrogen) atoms. The van der Waals surface area contributed by atoms with E-state index in [1.165, 1.54) is 13.4 Å². The van der Waals surface area contributed by atoms with Gasteiger partial charge in [-0.3, -0.25) is 9.36 Å². The summed E-state index contributed by atoms with van der Waals surface area (Å²) in [5.74, 6) is -0.0352. The second-order valence-electron chi connectivity index (χ2n) is 4.60. The predicted molar refractivity (Wildman–Crippen MR) is 82.1 cm³/mol. The SMILES string of the molecule is CNC(=O)c1ncn(COCCOCc2ccccc2)c1N. The van der Waals surface area contributed by atoms with E-state index in [1.807, 2.05) is 30.3 Å². The van der Waals surface area contributed by atoms with Crippen molar-refractivity contribution < 1.29 is 14.3 Å². The van der Waals surface area contributed by atoms with Crippen LogP contribution in [0.3, 0.4) is 0 Å². The first-order valence-corrected chi connectivity index (χ1v) is 6.94. The Morgan fingerprint density at radius 2 is 2.00 bits per heavy atom. The summed E-state index contributed by atoms with van der Waals surface area (Å²) < 4.78 is 12.5. The molecule has 0 aliphatic heterocycles. The van der Waals surface area contributed by atoms with Crippen molar-refractivity contribution in [2.24, 2.45) is 0 Å². The van der Waals surface area contributed by atoms with E-state index in [9.17, 15) is 4.79 Å². The molecule has 1 amide bonds. The Bertz CT molecular complexity index is 598. The standard InChI is InChI=1S/C15H20N4O3/c1-17-15(20)13-14(16)19(10-18-13)11-22-8-7-21-9-12-5-3-2-4-6-12/h2-6,10H,7-9,11,16H2,1H3,(H,17,20). The molecule has 3 N–H and O–H groups in total. The molecule has 1 heterocycles. The second kappa shape index (κ2) is 8.16. The summed E-state index contributed by atoms with van der Waals surface area (Å²) in [4.78, 5) is 15.4. The number of nitrogens with zero attached hydrogens (tertiary/aromatic N) is 2. The van der Waals surface area contributed by atoms with Crippen LogP contribution in [0.15, 0.2) is 36.7 Å². The number of nitrogens with two attached hydrogens (primary N) is 1. The summed E-state index contributed by atoms with van der Waals surface area (Å²) in [6.45, 7) is 1.69. The van der Waals surface area contributed by atoms with Gasteiger partial charge < -0.3 is 20.5 Å². The van der Waals surface area contributed by atoms with Crippen molar-refractivity contribution in [1.29, 1.82) is 0 Å². The van der Waals surface area contributed by atoms with Gasteiger partial charge in [-0.15, -0.1) is 0 Å². The largest absolute Gasteiger partial charge is 0.383 e. The van der Waals surface area contributed by atoms with Gasteiger partial charge in [0.2, 0.25) is 0 Å². The van der Waals surface area contributed by atoms with Crippen LogP contribution in [0.2, 0.25) is 0 Å². The quantitative estimate of drug-likeness (QED) is 0.710. The third kappa shape index (κ3) is 4.31. The first-order valence-electron chi connectivity index (χ1n) is 6.94. The second-order valence-corrected chi connectivity index (χ2v) is 4.60. The summed E-state index contributed by atoms with van der Waals surface area (Å²) in [6.07, 6.45) is 1.48. The van der Waals surface area contributed by atoms with Gasteiger partial charge in [0.05, 0.1) is 26.1 Å². The maximum atomic E-state index is 11.5. The van der Waals surface area contributed by atoms with Crippen molar-refractivity contribution in [2.75, 3.05) is 26.0 Å². The number of anilines is 1. The number of amides is 1.